The summed E-state index contributed by atoms with van der Waals surface area (Å²) in [6, 6.07) is 17.8. The Kier molecular flexibility index (Phi) is 8.01. The lowest BCUT2D eigenvalue weighted by Gasteiger charge is -2.24. The molecule has 1 aromatic heterocycles. The van der Waals surface area contributed by atoms with Crippen LogP contribution in [0.2, 0.25) is 0 Å². The molecular weight excluding hydrogens is 481 g/mol. The van der Waals surface area contributed by atoms with Crippen molar-refractivity contribution >= 4 is 29.6 Å². The summed E-state index contributed by atoms with van der Waals surface area (Å²) in [5.74, 6) is 0.845. The van der Waals surface area contributed by atoms with Crippen LogP contribution in [-0.4, -0.2) is 38.4 Å². The molecule has 1 aliphatic heterocycles. The summed E-state index contributed by atoms with van der Waals surface area (Å²) in [6.45, 7) is 11.2. The van der Waals surface area contributed by atoms with Crippen LogP contribution in [0.4, 0.5) is 0 Å². The number of nitrogens with one attached hydrogen (secondary N) is 1. The molecule has 0 fully saturated rings. The van der Waals surface area contributed by atoms with Gasteiger partial charge in [-0.2, -0.15) is 0 Å². The van der Waals surface area contributed by atoms with E-state index in [0.29, 0.717) is 30.4 Å². The zero-order valence-electron chi connectivity index (χ0n) is 22.3. The Balaban J connectivity index is 0.00000156. The molecule has 0 aliphatic carbocycles. The minimum atomic E-state index is -3.26. The second-order valence-corrected chi connectivity index (χ2v) is 11.8. The van der Waals surface area contributed by atoms with Gasteiger partial charge in [0.15, 0.2) is 0 Å². The molecule has 2 heterocycles. The minimum Gasteiger partial charge on any atom is -0.342 e. The molecule has 0 spiro atoms. The first-order chi connectivity index (χ1) is 17.7. The summed E-state index contributed by atoms with van der Waals surface area (Å²) in [5, 5.41) is 0.504. The van der Waals surface area contributed by atoms with Gasteiger partial charge in [0, 0.05) is 30.1 Å². The van der Waals surface area contributed by atoms with Crippen LogP contribution in [0.15, 0.2) is 54.6 Å². The average Bonchev–Trinajstić information content (AvgIpc) is 3.42. The van der Waals surface area contributed by atoms with Gasteiger partial charge in [-0.1, -0.05) is 39.0 Å². The number of hydrogen-bond donors (Lipinski definition) is 2. The second kappa shape index (κ2) is 11.0. The molecule has 2 N–H and O–H groups in total. The number of carbonyl (C=O) groups excluding carboxylic acids is 1. The molecule has 0 saturated carbocycles. The largest absolute Gasteiger partial charge is 0.342 e. The number of hydrogen-bond acceptors (Lipinski definition) is 3. The highest BCUT2D eigenvalue weighted by atomic mass is 31.2. The van der Waals surface area contributed by atoms with Crippen molar-refractivity contribution in [3.05, 3.63) is 82.7 Å². The normalized spacial score (nSPS) is 16.3. The lowest BCUT2D eigenvalue weighted by atomic mass is 9.98. The highest BCUT2D eigenvalue weighted by Gasteiger charge is 2.31. The average molecular weight is 518 g/mol. The maximum Gasteiger partial charge on any atom is 0.254 e. The highest BCUT2D eigenvalue weighted by molar-refractivity contribution is 7.66. The Morgan fingerprint density at radius 2 is 1.78 bits per heavy atom. The van der Waals surface area contributed by atoms with Gasteiger partial charge in [-0.3, -0.25) is 9.36 Å². The minimum absolute atomic E-state index is 0.0477. The van der Waals surface area contributed by atoms with Crippen LogP contribution < -0.4 is 5.30 Å². The van der Waals surface area contributed by atoms with E-state index >= 15 is 0 Å². The summed E-state index contributed by atoms with van der Waals surface area (Å²) >= 11 is 0. The third kappa shape index (κ3) is 5.56. The fourth-order valence-electron chi connectivity index (χ4n) is 4.90. The maximum atomic E-state index is 13.5. The van der Waals surface area contributed by atoms with E-state index in [2.05, 4.69) is 54.1 Å². The Morgan fingerprint density at radius 3 is 2.54 bits per heavy atom. The number of H-pyrrole nitrogens is 1. The summed E-state index contributed by atoms with van der Waals surface area (Å²) in [6.07, 6.45) is 1.64. The van der Waals surface area contributed by atoms with E-state index in [1.54, 1.807) is 18.2 Å². The number of aromatic nitrogens is 2. The number of nitrogens with zero attached hydrogens (tertiary/aromatic N) is 2. The smallest absolute Gasteiger partial charge is 0.254 e. The summed E-state index contributed by atoms with van der Waals surface area (Å²) in [7, 11) is -3.26. The maximum absolute atomic E-state index is 13.5. The number of carbonyl (C=O) groups is 1. The highest BCUT2D eigenvalue weighted by Crippen LogP contribution is 2.45. The van der Waals surface area contributed by atoms with Gasteiger partial charge in [0.1, 0.15) is 5.82 Å². The summed E-state index contributed by atoms with van der Waals surface area (Å²) in [4.78, 5) is 33.3. The Bertz CT molecular complexity index is 1490. The Morgan fingerprint density at radius 1 is 1.05 bits per heavy atom. The number of amides is 1. The van der Waals surface area contributed by atoms with Crippen molar-refractivity contribution in [3.8, 4) is 11.1 Å². The van der Waals surface area contributed by atoms with E-state index in [4.69, 9.17) is 0 Å². The molecule has 0 bridgehead atoms. The van der Waals surface area contributed by atoms with Gasteiger partial charge >= 0.3 is 0 Å². The number of fused-ring (bicyclic) bond motifs is 2. The molecule has 5 rings (SSSR count). The number of imidazole rings is 1. The van der Waals surface area contributed by atoms with Crippen molar-refractivity contribution in [2.24, 2.45) is 0 Å². The fourth-order valence-corrected chi connectivity index (χ4v) is 6.62. The molecule has 3 aromatic carbocycles. The van der Waals surface area contributed by atoms with Gasteiger partial charge in [-0.05, 0) is 90.9 Å². The quantitative estimate of drug-likeness (QED) is 0.291. The Hall–Kier alpha value is -3.21. The molecule has 1 aliphatic rings. The van der Waals surface area contributed by atoms with E-state index < -0.39 is 7.37 Å². The molecular formula is C30H36N3O3P. The molecule has 194 valence electrons. The molecule has 1 unspecified atom stereocenters. The third-order valence-corrected chi connectivity index (χ3v) is 8.83. The van der Waals surface area contributed by atoms with Crippen LogP contribution in [0.3, 0.4) is 0 Å². The topological polar surface area (TPSA) is 86.3 Å². The van der Waals surface area contributed by atoms with Gasteiger partial charge in [0.25, 0.3) is 5.91 Å². The standard InChI is InChI=1S/C28H30N3O3P.C2H6/c1-4-12-31(28(32)23-8-10-27-22(15-23)11-13-35(27,33)34)17-24-14-20(6-5-18(24)2)21-7-9-25-26(16-21)30-19(3)29-25;1-2/h5-10,14-16H,4,11-13,17H2,1-3H3,(H,29,30)(H,33,34);1-2H3. The van der Waals surface area contributed by atoms with Crippen LogP contribution in [0.5, 0.6) is 0 Å². The molecule has 6 nitrogen and oxygen atoms in total. The van der Waals surface area contributed by atoms with Gasteiger partial charge < -0.3 is 14.8 Å². The fraction of sp³-hybridized carbons (Fsp3) is 0.333. The number of benzene rings is 3. The van der Waals surface area contributed by atoms with Crippen LogP contribution in [0.25, 0.3) is 22.2 Å². The van der Waals surface area contributed by atoms with Gasteiger partial charge in [0.2, 0.25) is 7.37 Å². The first-order valence-electron chi connectivity index (χ1n) is 13.1. The molecule has 0 saturated heterocycles. The third-order valence-electron chi connectivity index (χ3n) is 6.81. The van der Waals surface area contributed by atoms with Crippen LogP contribution >= 0.6 is 7.37 Å². The van der Waals surface area contributed by atoms with Crippen LogP contribution in [0.1, 0.15) is 60.1 Å². The number of rotatable bonds is 6. The lowest BCUT2D eigenvalue weighted by Crippen LogP contribution is -2.32. The van der Waals surface area contributed by atoms with Crippen LogP contribution in [-0.2, 0) is 17.5 Å². The molecule has 37 heavy (non-hydrogen) atoms. The van der Waals surface area contributed by atoms with E-state index in [1.807, 2.05) is 31.7 Å². The summed E-state index contributed by atoms with van der Waals surface area (Å²) < 4.78 is 12.3. The van der Waals surface area contributed by atoms with Crippen molar-refractivity contribution in [3.63, 3.8) is 0 Å². The van der Waals surface area contributed by atoms with E-state index in [-0.39, 0.29) is 12.1 Å². The zero-order chi connectivity index (χ0) is 26.7. The number of aromatic amines is 1. The lowest BCUT2D eigenvalue weighted by molar-refractivity contribution is 0.0743. The van der Waals surface area contributed by atoms with Gasteiger partial charge in [-0.15, -0.1) is 0 Å². The molecule has 1 amide bonds. The van der Waals surface area contributed by atoms with Gasteiger partial charge in [-0.25, -0.2) is 4.98 Å². The monoisotopic (exact) mass is 517 g/mol. The zero-order valence-corrected chi connectivity index (χ0v) is 23.2. The van der Waals surface area contributed by atoms with E-state index in [0.717, 1.165) is 51.1 Å². The van der Waals surface area contributed by atoms with Crippen molar-refractivity contribution in [1.29, 1.82) is 0 Å². The number of aryl methyl sites for hydroxylation is 3. The SMILES string of the molecule is CC.CCCN(Cc1cc(-c2ccc3nc(C)[nH]c3c2)ccc1C)C(=O)c1ccc2c(c1)CCP2(=O)O. The molecule has 0 radical (unpaired) electrons. The van der Waals surface area contributed by atoms with Crippen LogP contribution in [0, 0.1) is 13.8 Å². The predicted molar refractivity (Wildman–Crippen MR) is 152 cm³/mol. The summed E-state index contributed by atoms with van der Waals surface area (Å²) in [5.41, 5.74) is 7.79. The first kappa shape index (κ1) is 26.8. The molecule has 7 heteroatoms. The van der Waals surface area contributed by atoms with Crippen molar-refractivity contribution in [2.75, 3.05) is 12.7 Å². The molecule has 4 aromatic rings. The van der Waals surface area contributed by atoms with Gasteiger partial charge in [0.05, 0.1) is 11.0 Å². The predicted octanol–water partition coefficient (Wildman–Crippen LogP) is 6.38. The Labute approximate surface area is 219 Å². The first-order valence-corrected chi connectivity index (χ1v) is 14.9. The second-order valence-electron chi connectivity index (χ2n) is 9.44. The van der Waals surface area contributed by atoms with E-state index in [1.165, 1.54) is 0 Å². The van der Waals surface area contributed by atoms with Crippen molar-refractivity contribution in [1.82, 2.24) is 14.9 Å². The van der Waals surface area contributed by atoms with Crippen molar-refractivity contribution in [2.45, 2.75) is 54.0 Å². The van der Waals surface area contributed by atoms with E-state index in [9.17, 15) is 14.3 Å². The van der Waals surface area contributed by atoms with Crippen molar-refractivity contribution < 1.29 is 14.3 Å². The molecule has 1 atom stereocenters.